The van der Waals surface area contributed by atoms with E-state index in [1.165, 1.54) is 6.08 Å². The first-order chi connectivity index (χ1) is 13.0. The Morgan fingerprint density at radius 2 is 1.70 bits per heavy atom. The molecule has 27 heavy (non-hydrogen) atoms. The number of morpholine rings is 1. The summed E-state index contributed by atoms with van der Waals surface area (Å²) in [5, 5.41) is 1.07. The number of hydrogen-bond acceptors (Lipinski definition) is 4. The van der Waals surface area contributed by atoms with Crippen LogP contribution in [0.1, 0.15) is 5.56 Å². The summed E-state index contributed by atoms with van der Waals surface area (Å²) < 4.78 is 5.28. The summed E-state index contributed by atoms with van der Waals surface area (Å²) in [6.45, 7) is 5.54. The number of piperazine rings is 1. The number of halogens is 2. The van der Waals surface area contributed by atoms with Crippen molar-refractivity contribution in [1.29, 1.82) is 0 Å². The molecule has 2 saturated heterocycles. The van der Waals surface area contributed by atoms with Crippen molar-refractivity contribution in [3.8, 4) is 0 Å². The van der Waals surface area contributed by atoms with Crippen LogP contribution in [-0.2, 0) is 14.3 Å². The third-order valence-corrected chi connectivity index (χ3v) is 5.34. The van der Waals surface area contributed by atoms with Gasteiger partial charge in [-0.05, 0) is 23.8 Å². The smallest absolute Gasteiger partial charge is 0.246 e. The van der Waals surface area contributed by atoms with Crippen LogP contribution in [0.4, 0.5) is 0 Å². The standard InChI is InChI=1S/C19H23Cl2N3O3/c20-16-3-1-15(17(21)13-16)2-4-18(25)23-7-5-22(6-8-23)14-19(26)24-9-11-27-12-10-24/h1-4,13H,5-12,14H2/b4-2+. The second-order valence-corrected chi connectivity index (χ2v) is 7.44. The Hall–Kier alpha value is -1.60. The SMILES string of the molecule is O=C(/C=C/c1ccc(Cl)cc1Cl)N1CCN(CC(=O)N2CCOCC2)CC1. The number of benzene rings is 1. The van der Waals surface area contributed by atoms with E-state index in [1.807, 2.05) is 4.90 Å². The number of amides is 2. The van der Waals surface area contributed by atoms with Crippen LogP contribution in [0.3, 0.4) is 0 Å². The Morgan fingerprint density at radius 1 is 1.00 bits per heavy atom. The van der Waals surface area contributed by atoms with Crippen molar-refractivity contribution in [2.75, 3.05) is 59.0 Å². The predicted octanol–water partition coefficient (Wildman–Crippen LogP) is 2.01. The van der Waals surface area contributed by atoms with Crippen LogP contribution in [0.5, 0.6) is 0 Å². The lowest BCUT2D eigenvalue weighted by Crippen LogP contribution is -2.52. The lowest BCUT2D eigenvalue weighted by molar-refractivity contribution is -0.137. The van der Waals surface area contributed by atoms with E-state index >= 15 is 0 Å². The van der Waals surface area contributed by atoms with Gasteiger partial charge in [0.2, 0.25) is 11.8 Å². The van der Waals surface area contributed by atoms with E-state index in [1.54, 1.807) is 29.2 Å². The number of rotatable bonds is 4. The van der Waals surface area contributed by atoms with Gasteiger partial charge in [0.25, 0.3) is 0 Å². The van der Waals surface area contributed by atoms with Crippen LogP contribution in [0.15, 0.2) is 24.3 Å². The van der Waals surface area contributed by atoms with Gasteiger partial charge in [0.1, 0.15) is 0 Å². The maximum absolute atomic E-state index is 12.4. The molecule has 2 heterocycles. The van der Waals surface area contributed by atoms with Crippen molar-refractivity contribution in [3.05, 3.63) is 39.9 Å². The molecule has 2 aliphatic heterocycles. The average molecular weight is 412 g/mol. The fourth-order valence-electron chi connectivity index (χ4n) is 3.13. The van der Waals surface area contributed by atoms with Crippen LogP contribution >= 0.6 is 23.2 Å². The first-order valence-corrected chi connectivity index (χ1v) is 9.78. The maximum Gasteiger partial charge on any atom is 0.246 e. The average Bonchev–Trinajstić information content (AvgIpc) is 2.68. The van der Waals surface area contributed by atoms with Crippen LogP contribution in [-0.4, -0.2) is 85.5 Å². The maximum atomic E-state index is 12.4. The second-order valence-electron chi connectivity index (χ2n) is 6.59. The topological polar surface area (TPSA) is 53.1 Å². The highest BCUT2D eigenvalue weighted by atomic mass is 35.5. The predicted molar refractivity (Wildman–Crippen MR) is 106 cm³/mol. The Balaban J connectivity index is 1.46. The van der Waals surface area contributed by atoms with Crippen LogP contribution in [0, 0.1) is 0 Å². The van der Waals surface area contributed by atoms with Gasteiger partial charge in [0.05, 0.1) is 19.8 Å². The summed E-state index contributed by atoms with van der Waals surface area (Å²) in [4.78, 5) is 30.4. The number of carbonyl (C=O) groups is 2. The lowest BCUT2D eigenvalue weighted by atomic mass is 10.2. The highest BCUT2D eigenvalue weighted by Crippen LogP contribution is 2.22. The Morgan fingerprint density at radius 3 is 2.37 bits per heavy atom. The molecular weight excluding hydrogens is 389 g/mol. The van der Waals surface area contributed by atoms with Gasteiger partial charge in [-0.2, -0.15) is 0 Å². The molecule has 0 radical (unpaired) electrons. The molecule has 146 valence electrons. The quantitative estimate of drug-likeness (QED) is 0.711. The second kappa shape index (κ2) is 9.55. The molecule has 8 heteroatoms. The molecule has 2 fully saturated rings. The molecule has 1 aromatic rings. The number of nitrogens with zero attached hydrogens (tertiary/aromatic N) is 3. The highest BCUT2D eigenvalue weighted by Gasteiger charge is 2.24. The zero-order valence-electron chi connectivity index (χ0n) is 15.1. The summed E-state index contributed by atoms with van der Waals surface area (Å²) in [7, 11) is 0. The van der Waals surface area contributed by atoms with E-state index in [-0.39, 0.29) is 11.8 Å². The van der Waals surface area contributed by atoms with Gasteiger partial charge >= 0.3 is 0 Å². The molecule has 0 unspecified atom stereocenters. The Labute approximate surface area is 169 Å². The zero-order valence-corrected chi connectivity index (χ0v) is 16.6. The van der Waals surface area contributed by atoms with Crippen molar-refractivity contribution in [2.45, 2.75) is 0 Å². The van der Waals surface area contributed by atoms with Crippen molar-refractivity contribution in [1.82, 2.24) is 14.7 Å². The fraction of sp³-hybridized carbons (Fsp3) is 0.474. The van der Waals surface area contributed by atoms with E-state index in [0.717, 1.165) is 5.56 Å². The number of ether oxygens (including phenoxy) is 1. The van der Waals surface area contributed by atoms with Gasteiger partial charge in [-0.25, -0.2) is 0 Å². The Kier molecular flexibility index (Phi) is 7.13. The normalized spacial score (nSPS) is 18.9. The molecule has 2 amide bonds. The first-order valence-electron chi connectivity index (χ1n) is 9.03. The first kappa shape index (κ1) is 20.1. The van der Waals surface area contributed by atoms with E-state index in [2.05, 4.69) is 4.90 Å². The molecule has 2 aliphatic rings. The number of hydrogen-bond donors (Lipinski definition) is 0. The molecule has 0 saturated carbocycles. The van der Waals surface area contributed by atoms with E-state index in [0.29, 0.717) is 69.1 Å². The van der Waals surface area contributed by atoms with Crippen LogP contribution < -0.4 is 0 Å². The van der Waals surface area contributed by atoms with E-state index in [9.17, 15) is 9.59 Å². The van der Waals surface area contributed by atoms with Crippen molar-refractivity contribution in [2.24, 2.45) is 0 Å². The molecule has 1 aromatic carbocycles. The van der Waals surface area contributed by atoms with Crippen LogP contribution in [0.25, 0.3) is 6.08 Å². The Bertz CT molecular complexity index is 712. The van der Waals surface area contributed by atoms with Crippen molar-refractivity contribution >= 4 is 41.1 Å². The molecule has 0 spiro atoms. The number of carbonyl (C=O) groups excluding carboxylic acids is 2. The molecule has 0 aliphatic carbocycles. The molecule has 6 nitrogen and oxygen atoms in total. The molecular formula is C19H23Cl2N3O3. The van der Waals surface area contributed by atoms with Gasteiger partial charge in [-0.1, -0.05) is 29.3 Å². The van der Waals surface area contributed by atoms with Gasteiger partial charge in [0.15, 0.2) is 0 Å². The fourth-order valence-corrected chi connectivity index (χ4v) is 3.61. The minimum Gasteiger partial charge on any atom is -0.378 e. The summed E-state index contributed by atoms with van der Waals surface area (Å²) >= 11 is 12.0. The van der Waals surface area contributed by atoms with Gasteiger partial charge in [0, 0.05) is 55.4 Å². The summed E-state index contributed by atoms with van der Waals surface area (Å²) in [5.41, 5.74) is 0.754. The third kappa shape index (κ3) is 5.69. The summed E-state index contributed by atoms with van der Waals surface area (Å²) in [5.74, 6) is 0.0792. The minimum absolute atomic E-state index is 0.0554. The molecule has 0 N–H and O–H groups in total. The molecule has 0 bridgehead atoms. The van der Waals surface area contributed by atoms with Gasteiger partial charge in [-0.15, -0.1) is 0 Å². The molecule has 3 rings (SSSR count). The van der Waals surface area contributed by atoms with Crippen LogP contribution in [0.2, 0.25) is 10.0 Å². The zero-order chi connectivity index (χ0) is 19.2. The highest BCUT2D eigenvalue weighted by molar-refractivity contribution is 6.35. The monoisotopic (exact) mass is 411 g/mol. The van der Waals surface area contributed by atoms with Crippen molar-refractivity contribution < 1.29 is 14.3 Å². The summed E-state index contributed by atoms with van der Waals surface area (Å²) in [6, 6.07) is 5.17. The van der Waals surface area contributed by atoms with E-state index < -0.39 is 0 Å². The third-order valence-electron chi connectivity index (χ3n) is 4.77. The van der Waals surface area contributed by atoms with Gasteiger partial charge in [-0.3, -0.25) is 14.5 Å². The van der Waals surface area contributed by atoms with E-state index in [4.69, 9.17) is 27.9 Å². The molecule has 0 atom stereocenters. The minimum atomic E-state index is -0.0554. The van der Waals surface area contributed by atoms with Crippen molar-refractivity contribution in [3.63, 3.8) is 0 Å². The summed E-state index contributed by atoms with van der Waals surface area (Å²) in [6.07, 6.45) is 3.24. The largest absolute Gasteiger partial charge is 0.378 e. The molecule has 0 aromatic heterocycles. The lowest BCUT2D eigenvalue weighted by Gasteiger charge is -2.35. The van der Waals surface area contributed by atoms with Gasteiger partial charge < -0.3 is 14.5 Å².